The molecule has 2 aliphatic rings. The van der Waals surface area contributed by atoms with Gasteiger partial charge in [0.15, 0.2) is 6.29 Å². The topological polar surface area (TPSA) is 68.2 Å². The summed E-state index contributed by atoms with van der Waals surface area (Å²) in [5, 5.41) is 19.5. The fourth-order valence-electron chi connectivity index (χ4n) is 2.31. The van der Waals surface area contributed by atoms with Crippen LogP contribution >= 0.6 is 0 Å². The summed E-state index contributed by atoms with van der Waals surface area (Å²) in [5.41, 5.74) is 0.892. The maximum atomic E-state index is 9.93. The molecular formula is C13H16O5. The summed E-state index contributed by atoms with van der Waals surface area (Å²) >= 11 is 0. The van der Waals surface area contributed by atoms with Gasteiger partial charge in [-0.2, -0.15) is 0 Å². The molecule has 1 aromatic rings. The number of fused-ring (bicyclic) bond motifs is 1. The van der Waals surface area contributed by atoms with Gasteiger partial charge in [-0.1, -0.05) is 30.3 Å². The molecule has 98 valence electrons. The molecule has 2 heterocycles. The van der Waals surface area contributed by atoms with Crippen molar-refractivity contribution in [1.82, 2.24) is 0 Å². The van der Waals surface area contributed by atoms with Crippen molar-refractivity contribution in [2.75, 3.05) is 13.2 Å². The zero-order chi connectivity index (χ0) is 12.5. The molecule has 0 bridgehead atoms. The van der Waals surface area contributed by atoms with Crippen LogP contribution in [-0.2, 0) is 14.2 Å². The summed E-state index contributed by atoms with van der Waals surface area (Å²) in [6, 6.07) is 9.51. The molecule has 0 aliphatic carbocycles. The Morgan fingerprint density at radius 3 is 2.56 bits per heavy atom. The fourth-order valence-corrected chi connectivity index (χ4v) is 2.31. The van der Waals surface area contributed by atoms with Crippen LogP contribution in [0.4, 0.5) is 0 Å². The van der Waals surface area contributed by atoms with Crippen LogP contribution in [0.5, 0.6) is 0 Å². The van der Waals surface area contributed by atoms with Crippen molar-refractivity contribution in [3.63, 3.8) is 0 Å². The number of ether oxygens (including phenoxy) is 3. The molecule has 1 aromatic carbocycles. The van der Waals surface area contributed by atoms with Crippen LogP contribution in [0.3, 0.4) is 0 Å². The van der Waals surface area contributed by atoms with Crippen molar-refractivity contribution < 1.29 is 24.4 Å². The van der Waals surface area contributed by atoms with Gasteiger partial charge in [0.2, 0.25) is 0 Å². The summed E-state index contributed by atoms with van der Waals surface area (Å²) in [7, 11) is 0. The van der Waals surface area contributed by atoms with Crippen LogP contribution < -0.4 is 0 Å². The van der Waals surface area contributed by atoms with Crippen LogP contribution in [0.2, 0.25) is 0 Å². The molecule has 2 N–H and O–H groups in total. The van der Waals surface area contributed by atoms with Gasteiger partial charge in [0.25, 0.3) is 0 Å². The molecule has 5 nitrogen and oxygen atoms in total. The van der Waals surface area contributed by atoms with Gasteiger partial charge in [0.05, 0.1) is 13.2 Å². The van der Waals surface area contributed by atoms with Gasteiger partial charge >= 0.3 is 0 Å². The van der Waals surface area contributed by atoms with E-state index >= 15 is 0 Å². The van der Waals surface area contributed by atoms with Crippen molar-refractivity contribution in [3.8, 4) is 0 Å². The van der Waals surface area contributed by atoms with E-state index < -0.39 is 24.6 Å². The summed E-state index contributed by atoms with van der Waals surface area (Å²) < 4.78 is 16.7. The lowest BCUT2D eigenvalue weighted by Gasteiger charge is -2.43. The second-order valence-electron chi connectivity index (χ2n) is 4.61. The van der Waals surface area contributed by atoms with Crippen molar-refractivity contribution in [2.45, 2.75) is 30.7 Å². The minimum atomic E-state index is -0.932. The van der Waals surface area contributed by atoms with Crippen molar-refractivity contribution >= 4 is 0 Å². The molecule has 2 fully saturated rings. The van der Waals surface area contributed by atoms with Gasteiger partial charge < -0.3 is 24.4 Å². The Labute approximate surface area is 105 Å². The first-order valence-corrected chi connectivity index (χ1v) is 6.05. The predicted molar refractivity (Wildman–Crippen MR) is 61.8 cm³/mol. The van der Waals surface area contributed by atoms with E-state index in [1.807, 2.05) is 30.3 Å². The second kappa shape index (κ2) is 4.95. The van der Waals surface area contributed by atoms with Crippen molar-refractivity contribution in [1.29, 1.82) is 0 Å². The van der Waals surface area contributed by atoms with E-state index in [4.69, 9.17) is 14.2 Å². The lowest BCUT2D eigenvalue weighted by molar-refractivity contribution is -0.314. The molecule has 0 amide bonds. The Morgan fingerprint density at radius 2 is 1.78 bits per heavy atom. The van der Waals surface area contributed by atoms with Gasteiger partial charge in [0, 0.05) is 5.56 Å². The molecule has 18 heavy (non-hydrogen) atoms. The minimum Gasteiger partial charge on any atom is -0.388 e. The average Bonchev–Trinajstić information content (AvgIpc) is 2.44. The van der Waals surface area contributed by atoms with E-state index in [0.29, 0.717) is 6.61 Å². The summed E-state index contributed by atoms with van der Waals surface area (Å²) in [5.74, 6) is 0. The standard InChI is InChI=1S/C13H16O5/c14-9-6-16-10-7-17-13(18-12(10)11(9)15)8-4-2-1-3-5-8/h1-5,9-15H,6-7H2/t9-,10+,11+,12?,13+/m0/s1. The van der Waals surface area contributed by atoms with Crippen molar-refractivity contribution in [2.24, 2.45) is 0 Å². The van der Waals surface area contributed by atoms with Gasteiger partial charge in [-0.25, -0.2) is 0 Å². The molecule has 2 saturated heterocycles. The number of benzene rings is 1. The van der Waals surface area contributed by atoms with Gasteiger partial charge in [0.1, 0.15) is 24.4 Å². The Kier molecular flexibility index (Phi) is 3.32. The van der Waals surface area contributed by atoms with E-state index in [1.54, 1.807) is 0 Å². The highest BCUT2D eigenvalue weighted by atomic mass is 16.7. The highest BCUT2D eigenvalue weighted by molar-refractivity contribution is 5.16. The van der Waals surface area contributed by atoms with Crippen LogP contribution in [-0.4, -0.2) is 47.8 Å². The third kappa shape index (κ3) is 2.15. The minimum absolute atomic E-state index is 0.116. The van der Waals surface area contributed by atoms with Crippen LogP contribution in [0.15, 0.2) is 30.3 Å². The quantitative estimate of drug-likeness (QED) is 0.748. The third-order valence-electron chi connectivity index (χ3n) is 3.34. The van der Waals surface area contributed by atoms with E-state index in [2.05, 4.69) is 0 Å². The summed E-state index contributed by atoms with van der Waals surface area (Å²) in [6.45, 7) is 0.471. The molecule has 0 radical (unpaired) electrons. The first-order valence-electron chi connectivity index (χ1n) is 6.05. The zero-order valence-corrected chi connectivity index (χ0v) is 9.81. The number of aliphatic hydroxyl groups is 2. The average molecular weight is 252 g/mol. The summed E-state index contributed by atoms with van der Waals surface area (Å²) in [4.78, 5) is 0. The number of hydrogen-bond acceptors (Lipinski definition) is 5. The number of rotatable bonds is 1. The third-order valence-corrected chi connectivity index (χ3v) is 3.34. The zero-order valence-electron chi connectivity index (χ0n) is 9.81. The highest BCUT2D eigenvalue weighted by Gasteiger charge is 2.44. The van der Waals surface area contributed by atoms with Crippen LogP contribution in [0.1, 0.15) is 11.9 Å². The SMILES string of the molecule is O[C@H]1CO[C@@H]2CO[C@@H](c3ccccc3)OC2[C@@H]1O. The predicted octanol–water partition coefficient (Wildman–Crippen LogP) is 0.221. The molecule has 2 aliphatic heterocycles. The molecule has 5 atom stereocenters. The van der Waals surface area contributed by atoms with Crippen molar-refractivity contribution in [3.05, 3.63) is 35.9 Å². The molecule has 1 unspecified atom stereocenters. The van der Waals surface area contributed by atoms with Gasteiger partial charge in [-0.3, -0.25) is 0 Å². The first-order chi connectivity index (χ1) is 8.75. The fraction of sp³-hybridized carbons (Fsp3) is 0.538. The monoisotopic (exact) mass is 252 g/mol. The van der Waals surface area contributed by atoms with E-state index in [-0.39, 0.29) is 12.7 Å². The Hall–Kier alpha value is -0.980. The van der Waals surface area contributed by atoms with E-state index in [9.17, 15) is 10.2 Å². The van der Waals surface area contributed by atoms with Crippen LogP contribution in [0.25, 0.3) is 0 Å². The molecule has 0 aromatic heterocycles. The van der Waals surface area contributed by atoms with E-state index in [1.165, 1.54) is 0 Å². The van der Waals surface area contributed by atoms with E-state index in [0.717, 1.165) is 5.56 Å². The normalized spacial score (nSPS) is 40.2. The maximum absolute atomic E-state index is 9.93. The molecule has 0 spiro atoms. The Balaban J connectivity index is 1.75. The second-order valence-corrected chi connectivity index (χ2v) is 4.61. The Morgan fingerprint density at radius 1 is 1.00 bits per heavy atom. The van der Waals surface area contributed by atoms with Crippen LogP contribution in [0, 0.1) is 0 Å². The Bertz CT molecular complexity index is 394. The molecular weight excluding hydrogens is 236 g/mol. The lowest BCUT2D eigenvalue weighted by Crippen LogP contribution is -2.58. The lowest BCUT2D eigenvalue weighted by atomic mass is 9.99. The van der Waals surface area contributed by atoms with Gasteiger partial charge in [-0.05, 0) is 0 Å². The molecule has 3 rings (SSSR count). The highest BCUT2D eigenvalue weighted by Crippen LogP contribution is 2.31. The largest absolute Gasteiger partial charge is 0.388 e. The van der Waals surface area contributed by atoms with Gasteiger partial charge in [-0.15, -0.1) is 0 Å². The molecule has 0 saturated carbocycles. The smallest absolute Gasteiger partial charge is 0.184 e. The number of aliphatic hydroxyl groups excluding tert-OH is 2. The number of hydrogen-bond donors (Lipinski definition) is 2. The first kappa shape index (κ1) is 12.1. The molecule has 5 heteroatoms. The summed E-state index contributed by atoms with van der Waals surface area (Å²) in [6.07, 6.45) is -3.22. The maximum Gasteiger partial charge on any atom is 0.184 e.